The van der Waals surface area contributed by atoms with Gasteiger partial charge >= 0.3 is 5.97 Å². The maximum Gasteiger partial charge on any atom is 0.304 e. The second-order valence-corrected chi connectivity index (χ2v) is 5.12. The Balaban J connectivity index is 2.03. The van der Waals surface area contributed by atoms with Gasteiger partial charge in [-0.3, -0.25) is 4.79 Å². The van der Waals surface area contributed by atoms with Crippen LogP contribution in [-0.2, 0) is 10.2 Å². The molecule has 0 heterocycles. The summed E-state index contributed by atoms with van der Waals surface area (Å²) in [5.41, 5.74) is 1.95. The van der Waals surface area contributed by atoms with Gasteiger partial charge in [0.25, 0.3) is 0 Å². The molecular formula is C15H18O3. The number of hydrogen-bond acceptors (Lipinski definition) is 2. The highest BCUT2D eigenvalue weighted by molar-refractivity contribution is 5.70. The standard InChI is InChI=1S/C15H18O3/c1-11(2)10-18-13-5-3-12(4-6-13)15(7-8-15)9-14(16)17/h3-6H,1,7-10H2,2H3,(H,16,17). The summed E-state index contributed by atoms with van der Waals surface area (Å²) >= 11 is 0. The van der Waals surface area contributed by atoms with E-state index < -0.39 is 5.97 Å². The van der Waals surface area contributed by atoms with E-state index in [4.69, 9.17) is 9.84 Å². The lowest BCUT2D eigenvalue weighted by Gasteiger charge is -2.14. The molecule has 1 aliphatic rings. The van der Waals surface area contributed by atoms with Gasteiger partial charge in [-0.2, -0.15) is 0 Å². The minimum Gasteiger partial charge on any atom is -0.489 e. The van der Waals surface area contributed by atoms with Crippen molar-refractivity contribution >= 4 is 5.97 Å². The third kappa shape index (κ3) is 2.92. The van der Waals surface area contributed by atoms with Gasteiger partial charge in [0.1, 0.15) is 12.4 Å². The fourth-order valence-corrected chi connectivity index (χ4v) is 2.12. The van der Waals surface area contributed by atoms with E-state index in [0.29, 0.717) is 6.61 Å². The Kier molecular flexibility index (Phi) is 3.41. The third-order valence-electron chi connectivity index (χ3n) is 3.30. The van der Waals surface area contributed by atoms with Crippen LogP contribution in [0, 0.1) is 0 Å². The van der Waals surface area contributed by atoms with Crippen LogP contribution in [0.25, 0.3) is 0 Å². The largest absolute Gasteiger partial charge is 0.489 e. The number of carbonyl (C=O) groups is 1. The predicted molar refractivity (Wildman–Crippen MR) is 69.9 cm³/mol. The van der Waals surface area contributed by atoms with Gasteiger partial charge in [0.05, 0.1) is 6.42 Å². The summed E-state index contributed by atoms with van der Waals surface area (Å²) in [6.07, 6.45) is 2.15. The van der Waals surface area contributed by atoms with Crippen molar-refractivity contribution in [2.45, 2.75) is 31.6 Å². The number of hydrogen-bond donors (Lipinski definition) is 1. The molecular weight excluding hydrogens is 228 g/mol. The van der Waals surface area contributed by atoms with Gasteiger partial charge in [-0.05, 0) is 43.0 Å². The minimum atomic E-state index is -0.727. The Morgan fingerprint density at radius 3 is 2.44 bits per heavy atom. The van der Waals surface area contributed by atoms with E-state index in [1.807, 2.05) is 31.2 Å². The van der Waals surface area contributed by atoms with Crippen molar-refractivity contribution in [3.8, 4) is 5.75 Å². The SMILES string of the molecule is C=C(C)COc1ccc(C2(CC(=O)O)CC2)cc1. The average molecular weight is 246 g/mol. The van der Waals surface area contributed by atoms with E-state index in [-0.39, 0.29) is 11.8 Å². The quantitative estimate of drug-likeness (QED) is 0.784. The molecule has 0 bridgehead atoms. The van der Waals surface area contributed by atoms with E-state index in [9.17, 15) is 4.79 Å². The van der Waals surface area contributed by atoms with Gasteiger partial charge in [0, 0.05) is 5.41 Å². The van der Waals surface area contributed by atoms with Crippen molar-refractivity contribution in [2.75, 3.05) is 6.61 Å². The predicted octanol–water partition coefficient (Wildman–Crippen LogP) is 3.15. The van der Waals surface area contributed by atoms with E-state index in [1.165, 1.54) is 0 Å². The van der Waals surface area contributed by atoms with Gasteiger partial charge in [0.15, 0.2) is 0 Å². The summed E-state index contributed by atoms with van der Waals surface area (Å²) in [4.78, 5) is 10.8. The van der Waals surface area contributed by atoms with Crippen LogP contribution in [0.1, 0.15) is 31.7 Å². The summed E-state index contributed by atoms with van der Waals surface area (Å²) in [7, 11) is 0. The third-order valence-corrected chi connectivity index (χ3v) is 3.30. The van der Waals surface area contributed by atoms with Crippen molar-refractivity contribution in [3.05, 3.63) is 42.0 Å². The van der Waals surface area contributed by atoms with Crippen molar-refractivity contribution < 1.29 is 14.6 Å². The molecule has 2 rings (SSSR count). The molecule has 1 N–H and O–H groups in total. The van der Waals surface area contributed by atoms with E-state index in [2.05, 4.69) is 6.58 Å². The zero-order valence-corrected chi connectivity index (χ0v) is 10.6. The fourth-order valence-electron chi connectivity index (χ4n) is 2.12. The van der Waals surface area contributed by atoms with Crippen LogP contribution in [0.4, 0.5) is 0 Å². The molecule has 0 spiro atoms. The highest BCUT2D eigenvalue weighted by atomic mass is 16.5. The lowest BCUT2D eigenvalue weighted by Crippen LogP contribution is -2.12. The second-order valence-electron chi connectivity index (χ2n) is 5.12. The minimum absolute atomic E-state index is 0.126. The average Bonchev–Trinajstić information content (AvgIpc) is 3.07. The lowest BCUT2D eigenvalue weighted by atomic mass is 9.92. The van der Waals surface area contributed by atoms with E-state index in [0.717, 1.165) is 29.7 Å². The molecule has 0 amide bonds. The van der Waals surface area contributed by atoms with Gasteiger partial charge in [-0.15, -0.1) is 0 Å². The first-order chi connectivity index (χ1) is 8.52. The molecule has 0 unspecified atom stereocenters. The Hall–Kier alpha value is -1.77. The first-order valence-electron chi connectivity index (χ1n) is 6.11. The van der Waals surface area contributed by atoms with Crippen molar-refractivity contribution in [1.82, 2.24) is 0 Å². The molecule has 0 aromatic heterocycles. The molecule has 0 atom stereocenters. The Bertz CT molecular complexity index is 455. The highest BCUT2D eigenvalue weighted by Crippen LogP contribution is 2.51. The van der Waals surface area contributed by atoms with Gasteiger partial charge in [0.2, 0.25) is 0 Å². The van der Waals surface area contributed by atoms with Crippen LogP contribution in [0.15, 0.2) is 36.4 Å². The number of aliphatic carboxylic acids is 1. The Morgan fingerprint density at radius 2 is 2.00 bits per heavy atom. The summed E-state index contributed by atoms with van der Waals surface area (Å²) in [5.74, 6) is 0.0722. The number of carboxylic acids is 1. The summed E-state index contributed by atoms with van der Waals surface area (Å²) in [5, 5.41) is 8.92. The first kappa shape index (κ1) is 12.7. The lowest BCUT2D eigenvalue weighted by molar-refractivity contribution is -0.137. The molecule has 1 aromatic carbocycles. The van der Waals surface area contributed by atoms with Gasteiger partial charge in [-0.1, -0.05) is 18.7 Å². The van der Waals surface area contributed by atoms with Crippen molar-refractivity contribution in [3.63, 3.8) is 0 Å². The van der Waals surface area contributed by atoms with Gasteiger partial charge in [-0.25, -0.2) is 0 Å². The number of rotatable bonds is 6. The monoisotopic (exact) mass is 246 g/mol. The molecule has 1 saturated carbocycles. The van der Waals surface area contributed by atoms with Crippen LogP contribution in [-0.4, -0.2) is 17.7 Å². The molecule has 1 aromatic rings. The normalized spacial score (nSPS) is 16.1. The Morgan fingerprint density at radius 1 is 1.39 bits per heavy atom. The molecule has 96 valence electrons. The van der Waals surface area contributed by atoms with Crippen LogP contribution in [0.5, 0.6) is 5.75 Å². The molecule has 1 aliphatic carbocycles. The number of carboxylic acid groups (broad SMARTS) is 1. The van der Waals surface area contributed by atoms with E-state index >= 15 is 0 Å². The van der Waals surface area contributed by atoms with Crippen LogP contribution >= 0.6 is 0 Å². The topological polar surface area (TPSA) is 46.5 Å². The van der Waals surface area contributed by atoms with Crippen LogP contribution in [0.3, 0.4) is 0 Å². The second kappa shape index (κ2) is 4.84. The van der Waals surface area contributed by atoms with Crippen LogP contribution < -0.4 is 4.74 Å². The molecule has 3 heteroatoms. The van der Waals surface area contributed by atoms with Crippen molar-refractivity contribution in [1.29, 1.82) is 0 Å². The fraction of sp³-hybridized carbons (Fsp3) is 0.400. The Labute approximate surface area is 107 Å². The summed E-state index contributed by atoms with van der Waals surface area (Å²) in [6, 6.07) is 7.76. The molecule has 18 heavy (non-hydrogen) atoms. The zero-order valence-electron chi connectivity index (χ0n) is 10.6. The molecule has 0 radical (unpaired) electrons. The maximum atomic E-state index is 10.8. The van der Waals surface area contributed by atoms with Gasteiger partial charge < -0.3 is 9.84 Å². The molecule has 3 nitrogen and oxygen atoms in total. The van der Waals surface area contributed by atoms with E-state index in [1.54, 1.807) is 0 Å². The molecule has 0 aliphatic heterocycles. The van der Waals surface area contributed by atoms with Crippen LogP contribution in [0.2, 0.25) is 0 Å². The highest BCUT2D eigenvalue weighted by Gasteiger charge is 2.45. The maximum absolute atomic E-state index is 10.8. The number of benzene rings is 1. The summed E-state index contributed by atoms with van der Waals surface area (Å²) in [6.45, 7) is 6.21. The zero-order chi connectivity index (χ0) is 13.2. The smallest absolute Gasteiger partial charge is 0.304 e. The molecule has 0 saturated heterocycles. The summed E-state index contributed by atoms with van der Waals surface area (Å²) < 4.78 is 5.52. The number of ether oxygens (including phenoxy) is 1. The molecule has 1 fully saturated rings. The van der Waals surface area contributed by atoms with Crippen molar-refractivity contribution in [2.24, 2.45) is 0 Å². The first-order valence-corrected chi connectivity index (χ1v) is 6.11.